The molecule has 0 saturated heterocycles. The molecule has 0 spiro atoms. The fourth-order valence-corrected chi connectivity index (χ4v) is 0.542. The Hall–Kier alpha value is -0.870. The van der Waals surface area contributed by atoms with Gasteiger partial charge in [-0.2, -0.15) is 0 Å². The predicted molar refractivity (Wildman–Crippen MR) is 42.5 cm³/mol. The minimum Gasteiger partial charge on any atom is -0.458 e. The molecule has 0 heterocycles. The molecule has 0 aliphatic carbocycles. The normalized spacial score (nSPS) is 12.2. The highest BCUT2D eigenvalue weighted by molar-refractivity contribution is 5.81. The van der Waals surface area contributed by atoms with Crippen molar-refractivity contribution in [2.45, 2.75) is 6.10 Å². The lowest BCUT2D eigenvalue weighted by Crippen LogP contribution is -2.29. The van der Waals surface area contributed by atoms with Crippen LogP contribution < -0.4 is 11.5 Å². The Balaban J connectivity index is 3.67. The summed E-state index contributed by atoms with van der Waals surface area (Å²) in [6.07, 6.45) is 2.32. The van der Waals surface area contributed by atoms with Crippen molar-refractivity contribution in [1.82, 2.24) is 0 Å². The van der Waals surface area contributed by atoms with E-state index >= 15 is 0 Å². The Morgan fingerprint density at radius 2 is 2.27 bits per heavy atom. The van der Waals surface area contributed by atoms with Crippen LogP contribution in [-0.4, -0.2) is 25.2 Å². The standard InChI is InChI=1S/C7H13N2O2/c1-2-7(10)11-6(5-9)3-4-8/h2-3,6H,1,4-5,8-9H2. The fraction of sp³-hybridized carbons (Fsp3) is 0.429. The van der Waals surface area contributed by atoms with Gasteiger partial charge in [-0.25, -0.2) is 4.79 Å². The number of carbonyl (C=O) groups is 1. The van der Waals surface area contributed by atoms with Crippen molar-refractivity contribution in [3.8, 4) is 0 Å². The molecular formula is C7H13N2O2. The molecule has 63 valence electrons. The first kappa shape index (κ1) is 10.1. The number of esters is 1. The first-order valence-electron chi connectivity index (χ1n) is 3.31. The van der Waals surface area contributed by atoms with E-state index in [0.29, 0.717) is 6.54 Å². The first-order valence-corrected chi connectivity index (χ1v) is 3.31. The summed E-state index contributed by atoms with van der Waals surface area (Å²) in [6.45, 7) is 3.83. The summed E-state index contributed by atoms with van der Waals surface area (Å²) < 4.78 is 4.77. The van der Waals surface area contributed by atoms with Gasteiger partial charge in [0.2, 0.25) is 0 Å². The van der Waals surface area contributed by atoms with Gasteiger partial charge in [-0.1, -0.05) is 6.58 Å². The summed E-state index contributed by atoms with van der Waals surface area (Å²) in [6, 6.07) is 0. The molecule has 1 radical (unpaired) electrons. The third kappa shape index (κ3) is 4.52. The Labute approximate surface area is 66.2 Å². The molecule has 0 aliphatic rings. The number of hydrogen-bond acceptors (Lipinski definition) is 4. The quantitative estimate of drug-likeness (QED) is 0.405. The van der Waals surface area contributed by atoms with Crippen LogP contribution in [0.15, 0.2) is 12.7 Å². The van der Waals surface area contributed by atoms with Crippen LogP contribution in [0, 0.1) is 6.42 Å². The van der Waals surface area contributed by atoms with Gasteiger partial charge in [-0.05, 0) is 6.54 Å². The van der Waals surface area contributed by atoms with E-state index in [4.69, 9.17) is 16.2 Å². The molecular weight excluding hydrogens is 144 g/mol. The van der Waals surface area contributed by atoms with Crippen LogP contribution in [0.5, 0.6) is 0 Å². The van der Waals surface area contributed by atoms with E-state index in [1.54, 1.807) is 6.42 Å². The molecule has 1 unspecified atom stereocenters. The van der Waals surface area contributed by atoms with Gasteiger partial charge in [0, 0.05) is 19.0 Å². The van der Waals surface area contributed by atoms with Crippen LogP contribution in [0.4, 0.5) is 0 Å². The summed E-state index contributed by atoms with van der Waals surface area (Å²) in [5.74, 6) is -0.481. The lowest BCUT2D eigenvalue weighted by atomic mass is 10.2. The van der Waals surface area contributed by atoms with Crippen molar-refractivity contribution >= 4 is 5.97 Å². The van der Waals surface area contributed by atoms with Gasteiger partial charge in [-0.3, -0.25) is 0 Å². The highest BCUT2D eigenvalue weighted by Crippen LogP contribution is 1.94. The monoisotopic (exact) mass is 157 g/mol. The van der Waals surface area contributed by atoms with Gasteiger partial charge in [0.25, 0.3) is 0 Å². The lowest BCUT2D eigenvalue weighted by Gasteiger charge is -2.12. The second kappa shape index (κ2) is 5.88. The van der Waals surface area contributed by atoms with E-state index < -0.39 is 12.1 Å². The average Bonchev–Trinajstić information content (AvgIpc) is 2.03. The third-order valence-corrected chi connectivity index (χ3v) is 1.07. The Morgan fingerprint density at radius 3 is 2.64 bits per heavy atom. The zero-order valence-corrected chi connectivity index (χ0v) is 6.32. The highest BCUT2D eigenvalue weighted by atomic mass is 16.5. The van der Waals surface area contributed by atoms with Crippen molar-refractivity contribution in [3.05, 3.63) is 19.1 Å². The summed E-state index contributed by atoms with van der Waals surface area (Å²) >= 11 is 0. The average molecular weight is 157 g/mol. The fourth-order valence-electron chi connectivity index (χ4n) is 0.542. The van der Waals surface area contributed by atoms with Crippen LogP contribution in [0.25, 0.3) is 0 Å². The van der Waals surface area contributed by atoms with E-state index in [-0.39, 0.29) is 6.54 Å². The Morgan fingerprint density at radius 1 is 1.64 bits per heavy atom. The molecule has 0 rings (SSSR count). The van der Waals surface area contributed by atoms with Gasteiger partial charge in [0.05, 0.1) is 0 Å². The minimum atomic E-state index is -0.481. The number of carbonyl (C=O) groups excluding carboxylic acids is 1. The molecule has 0 aromatic carbocycles. The van der Waals surface area contributed by atoms with Crippen molar-refractivity contribution in [1.29, 1.82) is 0 Å². The maximum absolute atomic E-state index is 10.6. The van der Waals surface area contributed by atoms with Gasteiger partial charge >= 0.3 is 5.97 Å². The molecule has 4 heteroatoms. The largest absolute Gasteiger partial charge is 0.458 e. The number of rotatable bonds is 5. The van der Waals surface area contributed by atoms with Gasteiger partial charge in [-0.15, -0.1) is 0 Å². The summed E-state index contributed by atoms with van der Waals surface area (Å²) in [5, 5.41) is 0. The van der Waals surface area contributed by atoms with Crippen molar-refractivity contribution in [2.75, 3.05) is 13.1 Å². The summed E-state index contributed by atoms with van der Waals surface area (Å²) in [4.78, 5) is 10.6. The van der Waals surface area contributed by atoms with Crippen molar-refractivity contribution < 1.29 is 9.53 Å². The molecule has 0 bridgehead atoms. The van der Waals surface area contributed by atoms with Crippen LogP contribution >= 0.6 is 0 Å². The highest BCUT2D eigenvalue weighted by Gasteiger charge is 2.08. The molecule has 1 atom stereocenters. The van der Waals surface area contributed by atoms with E-state index in [0.717, 1.165) is 6.08 Å². The molecule has 4 N–H and O–H groups in total. The molecule has 0 aliphatic heterocycles. The summed E-state index contributed by atoms with van der Waals surface area (Å²) in [7, 11) is 0. The second-order valence-electron chi connectivity index (χ2n) is 1.89. The van der Waals surface area contributed by atoms with Crippen LogP contribution in [0.1, 0.15) is 0 Å². The SMILES string of the molecule is C=CC(=O)OC([CH]CN)CN. The summed E-state index contributed by atoms with van der Waals surface area (Å²) in [5.41, 5.74) is 10.5. The third-order valence-electron chi connectivity index (χ3n) is 1.07. The molecule has 0 amide bonds. The number of nitrogens with two attached hydrogens (primary N) is 2. The Kier molecular flexibility index (Phi) is 5.42. The Bertz CT molecular complexity index is 136. The molecule has 0 aromatic rings. The molecule has 0 saturated carbocycles. The maximum Gasteiger partial charge on any atom is 0.330 e. The van der Waals surface area contributed by atoms with E-state index in [1.165, 1.54) is 0 Å². The zero-order chi connectivity index (χ0) is 8.69. The molecule has 11 heavy (non-hydrogen) atoms. The van der Waals surface area contributed by atoms with Crippen molar-refractivity contribution in [3.63, 3.8) is 0 Å². The van der Waals surface area contributed by atoms with E-state index in [1.807, 2.05) is 0 Å². The van der Waals surface area contributed by atoms with E-state index in [2.05, 4.69) is 6.58 Å². The molecule has 0 aromatic heterocycles. The predicted octanol–water partition coefficient (Wildman–Crippen LogP) is -0.794. The van der Waals surface area contributed by atoms with E-state index in [9.17, 15) is 4.79 Å². The number of ether oxygens (including phenoxy) is 1. The second-order valence-corrected chi connectivity index (χ2v) is 1.89. The topological polar surface area (TPSA) is 78.3 Å². The zero-order valence-electron chi connectivity index (χ0n) is 6.32. The maximum atomic E-state index is 10.6. The minimum absolute atomic E-state index is 0.247. The van der Waals surface area contributed by atoms with Crippen LogP contribution in [-0.2, 0) is 9.53 Å². The smallest absolute Gasteiger partial charge is 0.330 e. The van der Waals surface area contributed by atoms with Gasteiger partial charge < -0.3 is 16.2 Å². The van der Waals surface area contributed by atoms with Crippen LogP contribution in [0.2, 0.25) is 0 Å². The lowest BCUT2D eigenvalue weighted by molar-refractivity contribution is -0.141. The molecule has 4 nitrogen and oxygen atoms in total. The van der Waals surface area contributed by atoms with Crippen LogP contribution in [0.3, 0.4) is 0 Å². The van der Waals surface area contributed by atoms with Gasteiger partial charge in [0.15, 0.2) is 0 Å². The number of hydrogen-bond donors (Lipinski definition) is 2. The van der Waals surface area contributed by atoms with Gasteiger partial charge in [0.1, 0.15) is 6.10 Å². The molecule has 0 fully saturated rings. The first-order chi connectivity index (χ1) is 5.24. The van der Waals surface area contributed by atoms with Crippen molar-refractivity contribution in [2.24, 2.45) is 11.5 Å².